The normalized spacial score (nSPS) is 13.6. The quantitative estimate of drug-likeness (QED) is 0.350. The van der Waals surface area contributed by atoms with Crippen LogP contribution in [0.25, 0.3) is 22.0 Å². The van der Waals surface area contributed by atoms with E-state index >= 15 is 0 Å². The zero-order chi connectivity index (χ0) is 24.5. The first-order chi connectivity index (χ1) is 17.7. The van der Waals surface area contributed by atoms with Crippen molar-refractivity contribution in [3.05, 3.63) is 130 Å². The van der Waals surface area contributed by atoms with E-state index in [2.05, 4.69) is 33.1 Å². The van der Waals surface area contributed by atoms with Gasteiger partial charge in [-0.2, -0.15) is 0 Å². The first kappa shape index (κ1) is 22.3. The van der Waals surface area contributed by atoms with Gasteiger partial charge in [-0.25, -0.2) is 4.39 Å². The highest BCUT2D eigenvalue weighted by Gasteiger charge is 2.23. The zero-order valence-corrected chi connectivity index (χ0v) is 19.8. The maximum atomic E-state index is 13.7. The van der Waals surface area contributed by atoms with Crippen LogP contribution in [0.3, 0.4) is 0 Å². The monoisotopic (exact) mass is 476 g/mol. The molecule has 0 aliphatic carbocycles. The molecule has 0 saturated carbocycles. The summed E-state index contributed by atoms with van der Waals surface area (Å²) >= 11 is 0. The van der Waals surface area contributed by atoms with Crippen LogP contribution in [0, 0.1) is 5.82 Å². The number of hydrogen-bond acceptors (Lipinski definition) is 4. The van der Waals surface area contributed by atoms with E-state index in [1.807, 2.05) is 41.1 Å². The fraction of sp³-hybridized carbons (Fsp3) is 0.167. The van der Waals surface area contributed by atoms with E-state index in [1.54, 1.807) is 24.5 Å². The Morgan fingerprint density at radius 3 is 2.56 bits per heavy atom. The van der Waals surface area contributed by atoms with Gasteiger partial charge < -0.3 is 4.57 Å². The molecule has 178 valence electrons. The average molecular weight is 477 g/mol. The average Bonchev–Trinajstić information content (AvgIpc) is 2.92. The molecule has 2 aromatic carbocycles. The van der Waals surface area contributed by atoms with Gasteiger partial charge in [0.1, 0.15) is 5.82 Å². The van der Waals surface area contributed by atoms with Crippen molar-refractivity contribution < 1.29 is 4.39 Å². The number of hydrogen-bond donors (Lipinski definition) is 0. The Morgan fingerprint density at radius 2 is 1.72 bits per heavy atom. The molecule has 0 unspecified atom stereocenters. The lowest BCUT2D eigenvalue weighted by molar-refractivity contribution is 0.241. The molecule has 0 fully saturated rings. The van der Waals surface area contributed by atoms with Crippen LogP contribution in [0.5, 0.6) is 0 Å². The van der Waals surface area contributed by atoms with Crippen molar-refractivity contribution >= 4 is 10.9 Å². The molecule has 6 heteroatoms. The second kappa shape index (κ2) is 9.47. The van der Waals surface area contributed by atoms with Gasteiger partial charge in [0, 0.05) is 61.3 Å². The fourth-order valence-corrected chi connectivity index (χ4v) is 5.14. The van der Waals surface area contributed by atoms with Crippen molar-refractivity contribution in [2.45, 2.75) is 26.1 Å². The Morgan fingerprint density at radius 1 is 0.889 bits per heavy atom. The second-order valence-electron chi connectivity index (χ2n) is 9.23. The summed E-state index contributed by atoms with van der Waals surface area (Å²) in [4.78, 5) is 24.7. The second-order valence-corrected chi connectivity index (χ2v) is 9.23. The minimum atomic E-state index is -0.280. The van der Waals surface area contributed by atoms with Gasteiger partial charge in [-0.3, -0.25) is 19.7 Å². The Kier molecular flexibility index (Phi) is 5.87. The molecule has 1 aliphatic heterocycles. The van der Waals surface area contributed by atoms with Crippen molar-refractivity contribution in [2.75, 3.05) is 6.54 Å². The van der Waals surface area contributed by atoms with Crippen LogP contribution in [0.1, 0.15) is 22.4 Å². The molecule has 1 aliphatic rings. The number of rotatable bonds is 5. The SMILES string of the molecule is O=c1c(-c2ccncc2)cc2c(n1Cc1ccc(F)cc1)CCN(Cc1cccc3ncccc13)C2. The van der Waals surface area contributed by atoms with E-state index < -0.39 is 0 Å². The highest BCUT2D eigenvalue weighted by Crippen LogP contribution is 2.26. The topological polar surface area (TPSA) is 51.0 Å². The Bertz CT molecular complexity index is 1590. The van der Waals surface area contributed by atoms with E-state index in [0.29, 0.717) is 12.1 Å². The van der Waals surface area contributed by atoms with Gasteiger partial charge >= 0.3 is 0 Å². The number of aromatic nitrogens is 3. The molecule has 0 atom stereocenters. The number of pyridine rings is 3. The lowest BCUT2D eigenvalue weighted by Gasteiger charge is -2.31. The predicted octanol–water partition coefficient (Wildman–Crippen LogP) is 5.20. The van der Waals surface area contributed by atoms with Crippen LogP contribution in [-0.2, 0) is 26.1 Å². The molecule has 0 N–H and O–H groups in total. The molecule has 0 spiro atoms. The van der Waals surface area contributed by atoms with Crippen LogP contribution >= 0.6 is 0 Å². The van der Waals surface area contributed by atoms with Gasteiger partial charge in [-0.05, 0) is 64.7 Å². The van der Waals surface area contributed by atoms with Gasteiger partial charge in [0.2, 0.25) is 0 Å². The Balaban J connectivity index is 1.39. The van der Waals surface area contributed by atoms with Gasteiger partial charge in [-0.1, -0.05) is 30.3 Å². The number of halogens is 1. The van der Waals surface area contributed by atoms with Gasteiger partial charge in [0.15, 0.2) is 0 Å². The van der Waals surface area contributed by atoms with E-state index in [4.69, 9.17) is 0 Å². The van der Waals surface area contributed by atoms with Crippen molar-refractivity contribution in [2.24, 2.45) is 0 Å². The van der Waals surface area contributed by atoms with Gasteiger partial charge in [-0.15, -0.1) is 0 Å². The van der Waals surface area contributed by atoms with E-state index in [-0.39, 0.29) is 11.4 Å². The summed E-state index contributed by atoms with van der Waals surface area (Å²) < 4.78 is 15.4. The largest absolute Gasteiger partial charge is 0.307 e. The van der Waals surface area contributed by atoms with E-state index in [9.17, 15) is 9.18 Å². The molecule has 6 rings (SSSR count). The summed E-state index contributed by atoms with van der Waals surface area (Å²) in [5, 5.41) is 1.17. The maximum Gasteiger partial charge on any atom is 0.258 e. The highest BCUT2D eigenvalue weighted by atomic mass is 19.1. The van der Waals surface area contributed by atoms with Crippen molar-refractivity contribution in [1.29, 1.82) is 0 Å². The molecule has 5 aromatic rings. The fourth-order valence-electron chi connectivity index (χ4n) is 5.14. The standard InChI is InChI=1S/C30H25FN4O/c31-25-8-6-21(7-9-25)18-35-29-12-16-34(19-23-3-1-5-28-26(23)4-2-13-33-28)20-24(29)17-27(30(35)36)22-10-14-32-15-11-22/h1-11,13-15,17H,12,16,18-20H2. The van der Waals surface area contributed by atoms with Crippen LogP contribution in [0.2, 0.25) is 0 Å². The van der Waals surface area contributed by atoms with Crippen molar-refractivity contribution in [3.8, 4) is 11.1 Å². The van der Waals surface area contributed by atoms with Gasteiger partial charge in [0.25, 0.3) is 5.56 Å². The minimum absolute atomic E-state index is 0.0298. The summed E-state index contributed by atoms with van der Waals surface area (Å²) in [6, 6.07) is 22.5. The molecule has 5 nitrogen and oxygen atoms in total. The zero-order valence-electron chi connectivity index (χ0n) is 19.8. The molecule has 4 heterocycles. The van der Waals surface area contributed by atoms with Crippen molar-refractivity contribution in [1.82, 2.24) is 19.4 Å². The predicted molar refractivity (Wildman–Crippen MR) is 139 cm³/mol. The first-order valence-electron chi connectivity index (χ1n) is 12.1. The van der Waals surface area contributed by atoms with Crippen molar-refractivity contribution in [3.63, 3.8) is 0 Å². The molecule has 0 radical (unpaired) electrons. The summed E-state index contributed by atoms with van der Waals surface area (Å²) in [5.74, 6) is -0.280. The third-order valence-corrected chi connectivity index (χ3v) is 6.92. The highest BCUT2D eigenvalue weighted by molar-refractivity contribution is 5.81. The van der Waals surface area contributed by atoms with Gasteiger partial charge in [0.05, 0.1) is 12.1 Å². The first-order valence-corrected chi connectivity index (χ1v) is 12.1. The van der Waals surface area contributed by atoms with E-state index in [0.717, 1.165) is 54.0 Å². The summed E-state index contributed by atoms with van der Waals surface area (Å²) in [6.45, 7) is 2.81. The van der Waals surface area contributed by atoms with E-state index in [1.165, 1.54) is 23.1 Å². The Hall–Kier alpha value is -4.16. The molecular weight excluding hydrogens is 451 g/mol. The lowest BCUT2D eigenvalue weighted by atomic mass is 9.98. The summed E-state index contributed by atoms with van der Waals surface area (Å²) in [6.07, 6.45) is 6.01. The van der Waals surface area contributed by atoms with Crippen LogP contribution in [0.4, 0.5) is 4.39 Å². The maximum absolute atomic E-state index is 13.7. The third-order valence-electron chi connectivity index (χ3n) is 6.92. The molecule has 0 amide bonds. The molecule has 0 saturated heterocycles. The number of fused-ring (bicyclic) bond motifs is 2. The molecule has 0 bridgehead atoms. The Labute approximate surface area is 208 Å². The number of nitrogens with zero attached hydrogens (tertiary/aromatic N) is 4. The van der Waals surface area contributed by atoms with Crippen LogP contribution in [0.15, 0.2) is 96.2 Å². The third kappa shape index (κ3) is 4.32. The molecular formula is C30H25FN4O. The minimum Gasteiger partial charge on any atom is -0.307 e. The lowest BCUT2D eigenvalue weighted by Crippen LogP contribution is -2.36. The van der Waals surface area contributed by atoms with Crippen LogP contribution in [-0.4, -0.2) is 26.0 Å². The van der Waals surface area contributed by atoms with Crippen LogP contribution < -0.4 is 5.56 Å². The molecule has 36 heavy (non-hydrogen) atoms. The smallest absolute Gasteiger partial charge is 0.258 e. The molecule has 3 aromatic heterocycles. The number of benzene rings is 2. The summed E-state index contributed by atoms with van der Waals surface area (Å²) in [5.41, 5.74) is 6.83. The summed E-state index contributed by atoms with van der Waals surface area (Å²) in [7, 11) is 0.